The van der Waals surface area contributed by atoms with E-state index in [4.69, 9.17) is 0 Å². The quantitative estimate of drug-likeness (QED) is 0.287. The van der Waals surface area contributed by atoms with Gasteiger partial charge in [-0.3, -0.25) is 9.59 Å². The SMILES string of the molecule is CC(C)=O.CCCC(CC)(CCC)C(C)=O.CCc1ccc(C)cc1.CCc1ccccc1Br.CNCC(C)=O. The standard InChI is InChI=1S/C11H22O.C9H12.C8H9Br.C4H9NO.C3H6O/c1-5-8-11(7-3,9-6-2)10(4)12;1-3-9-6-4-8(2)5-7-9;1-2-7-5-3-4-6-8(7)9;1-4(6)3-5-2;1-3(2)4/h5-9H2,1-4H3;4-7H,3H2,1-2H3;3-6H,2H2,1H3;5H,3H2,1-2H3;1-2H3. The number of ketones is 3. The van der Waals surface area contributed by atoms with Gasteiger partial charge in [0.25, 0.3) is 0 Å². The van der Waals surface area contributed by atoms with Crippen molar-refractivity contribution in [2.45, 2.75) is 114 Å². The third kappa shape index (κ3) is 23.7. The van der Waals surface area contributed by atoms with Crippen LogP contribution >= 0.6 is 15.9 Å². The summed E-state index contributed by atoms with van der Waals surface area (Å²) in [6.07, 6.45) is 7.60. The number of carbonyl (C=O) groups is 3. The smallest absolute Gasteiger partial charge is 0.143 e. The van der Waals surface area contributed by atoms with Crippen molar-refractivity contribution in [1.82, 2.24) is 5.32 Å². The van der Waals surface area contributed by atoms with Crippen molar-refractivity contribution in [3.05, 3.63) is 69.7 Å². The van der Waals surface area contributed by atoms with E-state index >= 15 is 0 Å². The van der Waals surface area contributed by atoms with Gasteiger partial charge >= 0.3 is 0 Å². The minimum Gasteiger partial charge on any atom is -0.313 e. The second-order valence-corrected chi connectivity index (χ2v) is 11.0. The molecule has 0 aliphatic carbocycles. The van der Waals surface area contributed by atoms with E-state index in [2.05, 4.69) is 105 Å². The predicted molar refractivity (Wildman–Crippen MR) is 178 cm³/mol. The number of carbonyl (C=O) groups excluding carboxylic acids is 3. The number of hydrogen-bond acceptors (Lipinski definition) is 4. The summed E-state index contributed by atoms with van der Waals surface area (Å²) in [7, 11) is 1.75. The zero-order chi connectivity index (χ0) is 31.6. The van der Waals surface area contributed by atoms with Crippen LogP contribution in [0, 0.1) is 12.3 Å². The van der Waals surface area contributed by atoms with E-state index in [1.807, 2.05) is 6.07 Å². The maximum atomic E-state index is 11.5. The van der Waals surface area contributed by atoms with Crippen LogP contribution in [0.1, 0.15) is 111 Å². The third-order valence-corrected chi connectivity index (χ3v) is 6.95. The van der Waals surface area contributed by atoms with Crippen LogP contribution in [0.4, 0.5) is 0 Å². The van der Waals surface area contributed by atoms with Crippen LogP contribution in [0.25, 0.3) is 0 Å². The molecule has 0 aliphatic rings. The third-order valence-electron chi connectivity index (χ3n) is 6.17. The molecule has 4 nitrogen and oxygen atoms in total. The Morgan fingerprint density at radius 3 is 1.50 bits per heavy atom. The molecule has 0 bridgehead atoms. The van der Waals surface area contributed by atoms with Crippen molar-refractivity contribution < 1.29 is 14.4 Å². The molecule has 228 valence electrons. The zero-order valence-electron chi connectivity index (χ0n) is 27.4. The molecule has 0 amide bonds. The van der Waals surface area contributed by atoms with Crippen LogP contribution in [-0.2, 0) is 27.2 Å². The van der Waals surface area contributed by atoms with Crippen molar-refractivity contribution in [1.29, 1.82) is 0 Å². The fraction of sp³-hybridized carbons (Fsp3) is 0.571. The van der Waals surface area contributed by atoms with Gasteiger partial charge < -0.3 is 10.1 Å². The molecule has 0 heterocycles. The maximum Gasteiger partial charge on any atom is 0.143 e. The van der Waals surface area contributed by atoms with Gasteiger partial charge in [-0.15, -0.1) is 0 Å². The normalized spacial score (nSPS) is 9.70. The fourth-order valence-electron chi connectivity index (χ4n) is 3.89. The number of hydrogen-bond donors (Lipinski definition) is 1. The molecule has 0 spiro atoms. The molecule has 40 heavy (non-hydrogen) atoms. The maximum absolute atomic E-state index is 11.5. The van der Waals surface area contributed by atoms with Crippen LogP contribution < -0.4 is 5.32 Å². The number of halogens is 1. The van der Waals surface area contributed by atoms with Gasteiger partial charge in [0.05, 0.1) is 6.54 Å². The Hall–Kier alpha value is -2.11. The predicted octanol–water partition coefficient (Wildman–Crippen LogP) is 9.53. The summed E-state index contributed by atoms with van der Waals surface area (Å²) in [6.45, 7) is 19.7. The highest BCUT2D eigenvalue weighted by molar-refractivity contribution is 9.10. The fourth-order valence-corrected chi connectivity index (χ4v) is 4.46. The number of nitrogens with one attached hydrogen (secondary N) is 1. The molecule has 0 atom stereocenters. The zero-order valence-corrected chi connectivity index (χ0v) is 29.0. The monoisotopic (exact) mass is 619 g/mol. The first-order valence-electron chi connectivity index (χ1n) is 14.7. The summed E-state index contributed by atoms with van der Waals surface area (Å²) in [5.41, 5.74) is 4.13. The number of benzene rings is 2. The summed E-state index contributed by atoms with van der Waals surface area (Å²) in [4.78, 5) is 30.9. The molecule has 2 aromatic rings. The molecule has 0 radical (unpaired) electrons. The molecule has 0 fully saturated rings. The van der Waals surface area contributed by atoms with Crippen molar-refractivity contribution in [2.75, 3.05) is 13.6 Å². The van der Waals surface area contributed by atoms with Gasteiger partial charge in [0.1, 0.15) is 17.3 Å². The van der Waals surface area contributed by atoms with Gasteiger partial charge in [-0.05, 0) is 91.0 Å². The van der Waals surface area contributed by atoms with E-state index in [0.717, 1.165) is 44.9 Å². The first-order valence-corrected chi connectivity index (χ1v) is 15.5. The Bertz CT molecular complexity index is 912. The molecular weight excluding hydrogens is 562 g/mol. The Balaban J connectivity index is -0.000000445. The highest BCUT2D eigenvalue weighted by Gasteiger charge is 2.30. The Morgan fingerprint density at radius 1 is 0.775 bits per heavy atom. The van der Waals surface area contributed by atoms with Crippen LogP contribution in [0.5, 0.6) is 0 Å². The van der Waals surface area contributed by atoms with E-state index in [1.165, 1.54) is 35.0 Å². The van der Waals surface area contributed by atoms with Crippen molar-refractivity contribution in [2.24, 2.45) is 5.41 Å². The Kier molecular flexibility index (Phi) is 28.7. The van der Waals surface area contributed by atoms with Gasteiger partial charge in [-0.25, -0.2) is 0 Å². The van der Waals surface area contributed by atoms with E-state index in [-0.39, 0.29) is 17.0 Å². The summed E-state index contributed by atoms with van der Waals surface area (Å²) in [6, 6.07) is 16.9. The highest BCUT2D eigenvalue weighted by atomic mass is 79.9. The number of rotatable bonds is 10. The molecule has 2 rings (SSSR count). The Morgan fingerprint density at radius 2 is 1.25 bits per heavy atom. The highest BCUT2D eigenvalue weighted by Crippen LogP contribution is 2.34. The summed E-state index contributed by atoms with van der Waals surface area (Å²) >= 11 is 3.46. The van der Waals surface area contributed by atoms with Crippen molar-refractivity contribution in [3.8, 4) is 0 Å². The van der Waals surface area contributed by atoms with Gasteiger partial charge in [-0.1, -0.05) is 111 Å². The minimum absolute atomic E-state index is 0.00347. The lowest BCUT2D eigenvalue weighted by molar-refractivity contribution is -0.127. The topological polar surface area (TPSA) is 63.2 Å². The summed E-state index contributed by atoms with van der Waals surface area (Å²) < 4.78 is 1.22. The molecule has 2 aromatic carbocycles. The van der Waals surface area contributed by atoms with Crippen LogP contribution in [0.2, 0.25) is 0 Å². The average molecular weight is 621 g/mol. The first kappa shape index (κ1) is 42.4. The van der Waals surface area contributed by atoms with Gasteiger partial charge in [0.2, 0.25) is 0 Å². The minimum atomic E-state index is 0.00347. The molecule has 0 saturated heterocycles. The second-order valence-electron chi connectivity index (χ2n) is 10.1. The average Bonchev–Trinajstić information content (AvgIpc) is 2.90. The molecule has 0 aliphatic heterocycles. The molecular formula is C35H58BrNO3. The molecule has 0 saturated carbocycles. The molecule has 0 aromatic heterocycles. The van der Waals surface area contributed by atoms with Crippen molar-refractivity contribution >= 4 is 33.3 Å². The summed E-state index contributed by atoms with van der Waals surface area (Å²) in [5, 5.41) is 2.72. The van der Waals surface area contributed by atoms with E-state index in [1.54, 1.807) is 20.9 Å². The van der Waals surface area contributed by atoms with Crippen LogP contribution in [0.15, 0.2) is 53.0 Å². The van der Waals surface area contributed by atoms with E-state index in [0.29, 0.717) is 12.3 Å². The van der Waals surface area contributed by atoms with Crippen LogP contribution in [0.3, 0.4) is 0 Å². The second kappa shape index (κ2) is 27.1. The van der Waals surface area contributed by atoms with Gasteiger partial charge in [0.15, 0.2) is 0 Å². The summed E-state index contributed by atoms with van der Waals surface area (Å²) in [5.74, 6) is 0.728. The van der Waals surface area contributed by atoms with E-state index < -0.39 is 0 Å². The van der Waals surface area contributed by atoms with Gasteiger partial charge in [-0.2, -0.15) is 0 Å². The van der Waals surface area contributed by atoms with Crippen LogP contribution in [-0.4, -0.2) is 30.9 Å². The number of likely N-dealkylation sites (N-methyl/N-ethyl adjacent to an activating group) is 1. The molecule has 5 heteroatoms. The largest absolute Gasteiger partial charge is 0.313 e. The Labute approximate surface area is 255 Å². The lowest BCUT2D eigenvalue weighted by atomic mass is 9.74. The number of Topliss-reactive ketones (excluding diaryl/α,β-unsaturated/α-hetero) is 3. The lowest BCUT2D eigenvalue weighted by Gasteiger charge is -2.29. The van der Waals surface area contributed by atoms with Gasteiger partial charge in [0, 0.05) is 9.89 Å². The van der Waals surface area contributed by atoms with Crippen molar-refractivity contribution in [3.63, 3.8) is 0 Å². The first-order chi connectivity index (χ1) is 18.8. The lowest BCUT2D eigenvalue weighted by Crippen LogP contribution is -2.28. The molecule has 0 unspecified atom stereocenters. The molecule has 1 N–H and O–H groups in total. The van der Waals surface area contributed by atoms with E-state index in [9.17, 15) is 14.4 Å². The number of aryl methyl sites for hydroxylation is 3.